The maximum atomic E-state index is 13.1. The van der Waals surface area contributed by atoms with E-state index in [4.69, 9.17) is 9.47 Å². The molecule has 0 aliphatic carbocycles. The van der Waals surface area contributed by atoms with Gasteiger partial charge in [-0.2, -0.15) is 0 Å². The second-order valence-electron chi connectivity index (χ2n) is 8.42. The second kappa shape index (κ2) is 9.18. The Morgan fingerprint density at radius 1 is 1.03 bits per heavy atom. The fourth-order valence-corrected chi connectivity index (χ4v) is 4.47. The normalized spacial score (nSPS) is 14.6. The Labute approximate surface area is 196 Å². The van der Waals surface area contributed by atoms with E-state index in [9.17, 15) is 9.59 Å². The molecule has 0 radical (unpaired) electrons. The van der Waals surface area contributed by atoms with E-state index in [-0.39, 0.29) is 18.0 Å². The number of H-pyrrole nitrogens is 1. The number of aromatic amines is 1. The summed E-state index contributed by atoms with van der Waals surface area (Å²) in [5.74, 6) is 1.04. The molecule has 2 aromatic heterocycles. The van der Waals surface area contributed by atoms with Crippen LogP contribution in [0.2, 0.25) is 0 Å². The van der Waals surface area contributed by atoms with Gasteiger partial charge < -0.3 is 19.4 Å². The molecule has 3 heterocycles. The Morgan fingerprint density at radius 2 is 1.74 bits per heavy atom. The number of methoxy groups -OCH3 is 2. The predicted molar refractivity (Wildman–Crippen MR) is 129 cm³/mol. The summed E-state index contributed by atoms with van der Waals surface area (Å²) < 4.78 is 12.1. The maximum absolute atomic E-state index is 13.1. The van der Waals surface area contributed by atoms with Gasteiger partial charge in [0.05, 0.1) is 26.1 Å². The van der Waals surface area contributed by atoms with Gasteiger partial charge in [-0.3, -0.25) is 19.1 Å². The minimum Gasteiger partial charge on any atom is -0.493 e. The number of ether oxygens (including phenoxy) is 2. The molecule has 0 saturated carbocycles. The first-order valence-electron chi connectivity index (χ1n) is 11.2. The zero-order chi connectivity index (χ0) is 23.7. The van der Waals surface area contributed by atoms with Crippen molar-refractivity contribution in [3.05, 3.63) is 64.7 Å². The molecule has 1 N–H and O–H groups in total. The van der Waals surface area contributed by atoms with Gasteiger partial charge in [0, 0.05) is 44.2 Å². The zero-order valence-electron chi connectivity index (χ0n) is 19.3. The number of rotatable bonds is 6. The van der Waals surface area contributed by atoms with Gasteiger partial charge in [-0.15, -0.1) is 0 Å². The number of piperazine rings is 1. The summed E-state index contributed by atoms with van der Waals surface area (Å²) in [6, 6.07) is 13.9. The van der Waals surface area contributed by atoms with E-state index >= 15 is 0 Å². The molecule has 1 aliphatic rings. The highest BCUT2D eigenvalue weighted by Crippen LogP contribution is 2.34. The van der Waals surface area contributed by atoms with Crippen LogP contribution in [0.5, 0.6) is 11.5 Å². The molecule has 0 unspecified atom stereocenters. The van der Waals surface area contributed by atoms with Crippen LogP contribution in [0.15, 0.2) is 53.6 Å². The van der Waals surface area contributed by atoms with Crippen molar-refractivity contribution in [2.24, 2.45) is 0 Å². The number of hydrogen-bond donors (Lipinski definition) is 1. The van der Waals surface area contributed by atoms with E-state index in [1.54, 1.807) is 26.4 Å². The molecule has 0 spiro atoms. The van der Waals surface area contributed by atoms with Gasteiger partial charge in [0.2, 0.25) is 5.91 Å². The van der Waals surface area contributed by atoms with Gasteiger partial charge in [-0.25, -0.2) is 4.98 Å². The SMILES string of the molecule is COc1cc2[nH]c3c(=O)n(CC(=O)N4CCN(Cc5ccccc5)CC4)cnc3c2cc1OC. The van der Waals surface area contributed by atoms with Gasteiger partial charge >= 0.3 is 0 Å². The van der Waals surface area contributed by atoms with Crippen molar-refractivity contribution in [1.82, 2.24) is 24.3 Å². The zero-order valence-corrected chi connectivity index (χ0v) is 19.3. The maximum Gasteiger partial charge on any atom is 0.278 e. The van der Waals surface area contributed by atoms with Gasteiger partial charge in [-0.05, 0) is 11.6 Å². The number of carbonyl (C=O) groups is 1. The van der Waals surface area contributed by atoms with Crippen molar-refractivity contribution in [3.63, 3.8) is 0 Å². The van der Waals surface area contributed by atoms with Crippen LogP contribution in [0.1, 0.15) is 5.56 Å². The molecule has 1 fully saturated rings. The molecule has 34 heavy (non-hydrogen) atoms. The third kappa shape index (κ3) is 4.10. The number of carbonyl (C=O) groups excluding carboxylic acids is 1. The van der Waals surface area contributed by atoms with E-state index in [1.165, 1.54) is 16.5 Å². The summed E-state index contributed by atoms with van der Waals surface area (Å²) in [4.78, 5) is 37.8. The Kier molecular flexibility index (Phi) is 5.93. The van der Waals surface area contributed by atoms with Crippen LogP contribution in [0.25, 0.3) is 21.9 Å². The first-order valence-corrected chi connectivity index (χ1v) is 11.2. The lowest BCUT2D eigenvalue weighted by Crippen LogP contribution is -2.49. The van der Waals surface area contributed by atoms with Crippen LogP contribution in [0.4, 0.5) is 0 Å². The first kappa shape index (κ1) is 22.0. The summed E-state index contributed by atoms with van der Waals surface area (Å²) in [6.07, 6.45) is 1.44. The Morgan fingerprint density at radius 3 is 2.44 bits per heavy atom. The smallest absolute Gasteiger partial charge is 0.278 e. The van der Waals surface area contributed by atoms with Crippen LogP contribution >= 0.6 is 0 Å². The second-order valence-corrected chi connectivity index (χ2v) is 8.42. The molecule has 1 amide bonds. The van der Waals surface area contributed by atoms with Gasteiger partial charge in [0.25, 0.3) is 5.56 Å². The monoisotopic (exact) mass is 461 g/mol. The number of nitrogens with one attached hydrogen (secondary N) is 1. The predicted octanol–water partition coefficient (Wildman–Crippen LogP) is 2.24. The number of amides is 1. The average Bonchev–Trinajstić information content (AvgIpc) is 3.24. The van der Waals surface area contributed by atoms with E-state index < -0.39 is 0 Å². The van der Waals surface area contributed by atoms with Gasteiger partial charge in [0.1, 0.15) is 17.6 Å². The summed E-state index contributed by atoms with van der Waals surface area (Å²) in [5, 5.41) is 0.762. The number of benzene rings is 2. The number of fused-ring (bicyclic) bond motifs is 3. The lowest BCUT2D eigenvalue weighted by Gasteiger charge is -2.34. The lowest BCUT2D eigenvalue weighted by molar-refractivity contribution is -0.133. The Hall–Kier alpha value is -3.85. The van der Waals surface area contributed by atoms with Crippen LogP contribution in [0, 0.1) is 0 Å². The molecule has 2 aromatic carbocycles. The molecular formula is C25H27N5O4. The number of nitrogens with zero attached hydrogens (tertiary/aromatic N) is 4. The molecule has 5 rings (SSSR count). The highest BCUT2D eigenvalue weighted by molar-refractivity contribution is 6.05. The molecular weight excluding hydrogens is 434 g/mol. The fourth-order valence-electron chi connectivity index (χ4n) is 4.47. The highest BCUT2D eigenvalue weighted by atomic mass is 16.5. The van der Waals surface area contributed by atoms with Crippen LogP contribution in [-0.4, -0.2) is 70.6 Å². The van der Waals surface area contributed by atoms with E-state index in [0.717, 1.165) is 30.5 Å². The molecule has 0 bridgehead atoms. The van der Waals surface area contributed by atoms with Crippen molar-refractivity contribution < 1.29 is 14.3 Å². The summed E-state index contributed by atoms with van der Waals surface area (Å²) in [7, 11) is 3.12. The molecule has 1 saturated heterocycles. The van der Waals surface area contributed by atoms with Crippen molar-refractivity contribution in [2.75, 3.05) is 40.4 Å². The Bertz CT molecular complexity index is 1390. The van der Waals surface area contributed by atoms with E-state index in [1.807, 2.05) is 23.1 Å². The Balaban J connectivity index is 1.31. The standard InChI is InChI=1S/C25H27N5O4/c1-33-20-12-18-19(13-21(20)34-2)27-24-23(18)26-16-30(25(24)32)15-22(31)29-10-8-28(9-11-29)14-17-6-4-3-5-7-17/h3-7,12-13,16,27H,8-11,14-15H2,1-2H3. The third-order valence-corrected chi connectivity index (χ3v) is 6.36. The van der Waals surface area contributed by atoms with Crippen LogP contribution in [0.3, 0.4) is 0 Å². The minimum absolute atomic E-state index is 0.0392. The van der Waals surface area contributed by atoms with E-state index in [2.05, 4.69) is 27.0 Å². The van der Waals surface area contributed by atoms with Gasteiger partial charge in [0.15, 0.2) is 11.5 Å². The number of hydrogen-bond acceptors (Lipinski definition) is 6. The highest BCUT2D eigenvalue weighted by Gasteiger charge is 2.22. The molecule has 4 aromatic rings. The topological polar surface area (TPSA) is 92.7 Å². The molecule has 9 heteroatoms. The summed E-state index contributed by atoms with van der Waals surface area (Å²) >= 11 is 0. The molecule has 0 atom stereocenters. The van der Waals surface area contributed by atoms with Crippen molar-refractivity contribution in [1.29, 1.82) is 0 Å². The molecule has 9 nitrogen and oxygen atoms in total. The van der Waals surface area contributed by atoms with E-state index in [0.29, 0.717) is 35.6 Å². The average molecular weight is 462 g/mol. The quantitative estimate of drug-likeness (QED) is 0.474. The van der Waals surface area contributed by atoms with Crippen molar-refractivity contribution in [3.8, 4) is 11.5 Å². The number of aromatic nitrogens is 3. The lowest BCUT2D eigenvalue weighted by atomic mass is 10.2. The third-order valence-electron chi connectivity index (χ3n) is 6.36. The largest absolute Gasteiger partial charge is 0.493 e. The summed E-state index contributed by atoms with van der Waals surface area (Å²) in [6.45, 7) is 3.72. The van der Waals surface area contributed by atoms with Crippen LogP contribution in [-0.2, 0) is 17.9 Å². The first-order chi connectivity index (χ1) is 16.6. The van der Waals surface area contributed by atoms with Crippen LogP contribution < -0.4 is 15.0 Å². The van der Waals surface area contributed by atoms with Gasteiger partial charge in [-0.1, -0.05) is 30.3 Å². The van der Waals surface area contributed by atoms with Crippen molar-refractivity contribution >= 4 is 27.8 Å². The minimum atomic E-state index is -0.282. The summed E-state index contributed by atoms with van der Waals surface area (Å²) in [5.41, 5.74) is 2.60. The fraction of sp³-hybridized carbons (Fsp3) is 0.320. The molecule has 176 valence electrons. The van der Waals surface area contributed by atoms with Crippen molar-refractivity contribution in [2.45, 2.75) is 13.1 Å². The molecule has 1 aliphatic heterocycles.